The van der Waals surface area contributed by atoms with E-state index in [1.807, 2.05) is 31.2 Å². The van der Waals surface area contributed by atoms with Gasteiger partial charge in [0, 0.05) is 10.4 Å². The van der Waals surface area contributed by atoms with E-state index in [1.165, 1.54) is 11.3 Å². The molecule has 0 atom stereocenters. The van der Waals surface area contributed by atoms with Gasteiger partial charge in [0.1, 0.15) is 10.6 Å². The highest BCUT2D eigenvalue weighted by Gasteiger charge is 2.23. The quantitative estimate of drug-likeness (QED) is 0.855. The van der Waals surface area contributed by atoms with Crippen LogP contribution >= 0.6 is 11.3 Å². The Bertz CT molecular complexity index is 649. The standard InChI is InChI=1S/C16H19NO3S/c1-4-10-13(17)15(16(18)20-5-2)21-14(10)11-8-6-7-9-12(11)19-3/h6-9H,4-5,17H2,1-3H3. The van der Waals surface area contributed by atoms with Gasteiger partial charge in [-0.3, -0.25) is 0 Å². The van der Waals surface area contributed by atoms with E-state index in [4.69, 9.17) is 15.2 Å². The van der Waals surface area contributed by atoms with E-state index in [0.29, 0.717) is 17.2 Å². The van der Waals surface area contributed by atoms with E-state index in [0.717, 1.165) is 28.2 Å². The van der Waals surface area contributed by atoms with Crippen LogP contribution in [0.5, 0.6) is 5.75 Å². The van der Waals surface area contributed by atoms with Crippen molar-refractivity contribution in [2.45, 2.75) is 20.3 Å². The zero-order chi connectivity index (χ0) is 15.4. The minimum Gasteiger partial charge on any atom is -0.496 e. The molecule has 0 fully saturated rings. The number of carbonyl (C=O) groups excluding carboxylic acids is 1. The molecule has 0 saturated heterocycles. The van der Waals surface area contributed by atoms with Crippen molar-refractivity contribution < 1.29 is 14.3 Å². The van der Waals surface area contributed by atoms with Crippen LogP contribution in [-0.4, -0.2) is 19.7 Å². The van der Waals surface area contributed by atoms with Gasteiger partial charge in [0.25, 0.3) is 0 Å². The van der Waals surface area contributed by atoms with Crippen LogP contribution < -0.4 is 10.5 Å². The molecule has 1 aromatic heterocycles. The lowest BCUT2D eigenvalue weighted by molar-refractivity contribution is 0.0533. The predicted octanol–water partition coefficient (Wildman–Crippen LogP) is 3.75. The van der Waals surface area contributed by atoms with Gasteiger partial charge in [-0.25, -0.2) is 4.79 Å². The van der Waals surface area contributed by atoms with Crippen LogP contribution in [0.2, 0.25) is 0 Å². The molecule has 0 radical (unpaired) electrons. The van der Waals surface area contributed by atoms with E-state index in [-0.39, 0.29) is 5.97 Å². The number of benzene rings is 1. The number of esters is 1. The highest BCUT2D eigenvalue weighted by Crippen LogP contribution is 2.42. The van der Waals surface area contributed by atoms with Crippen molar-refractivity contribution in [1.82, 2.24) is 0 Å². The van der Waals surface area contributed by atoms with Crippen molar-refractivity contribution in [1.29, 1.82) is 0 Å². The average molecular weight is 305 g/mol. The maximum atomic E-state index is 12.0. The van der Waals surface area contributed by atoms with Crippen LogP contribution in [0.4, 0.5) is 5.69 Å². The van der Waals surface area contributed by atoms with Crippen LogP contribution in [0.25, 0.3) is 10.4 Å². The van der Waals surface area contributed by atoms with E-state index in [9.17, 15) is 4.79 Å². The monoisotopic (exact) mass is 305 g/mol. The molecule has 0 spiro atoms. The fraction of sp³-hybridized carbons (Fsp3) is 0.312. The molecule has 5 heteroatoms. The number of methoxy groups -OCH3 is 1. The molecule has 0 amide bonds. The molecular formula is C16H19NO3S. The molecule has 1 aromatic carbocycles. The second kappa shape index (κ2) is 6.63. The third-order valence-electron chi connectivity index (χ3n) is 3.21. The van der Waals surface area contributed by atoms with Gasteiger partial charge in [-0.1, -0.05) is 19.1 Å². The number of ether oxygens (including phenoxy) is 2. The molecule has 2 N–H and O–H groups in total. The molecule has 4 nitrogen and oxygen atoms in total. The van der Waals surface area contributed by atoms with Gasteiger partial charge in [-0.15, -0.1) is 11.3 Å². The third kappa shape index (κ3) is 2.88. The smallest absolute Gasteiger partial charge is 0.350 e. The van der Waals surface area contributed by atoms with Crippen molar-refractivity contribution in [3.63, 3.8) is 0 Å². The fourth-order valence-electron chi connectivity index (χ4n) is 2.23. The van der Waals surface area contributed by atoms with E-state index in [2.05, 4.69) is 0 Å². The second-order valence-electron chi connectivity index (χ2n) is 4.43. The third-order valence-corrected chi connectivity index (χ3v) is 4.48. The first-order valence-corrected chi connectivity index (χ1v) is 7.67. The Morgan fingerprint density at radius 3 is 2.62 bits per heavy atom. The molecule has 2 aromatic rings. The number of anilines is 1. The summed E-state index contributed by atoms with van der Waals surface area (Å²) < 4.78 is 10.5. The number of nitrogen functional groups attached to an aromatic ring is 1. The van der Waals surface area contributed by atoms with Crippen LogP contribution in [0.3, 0.4) is 0 Å². The first-order chi connectivity index (χ1) is 10.1. The summed E-state index contributed by atoms with van der Waals surface area (Å²) in [7, 11) is 1.63. The van der Waals surface area contributed by atoms with Crippen molar-refractivity contribution >= 4 is 23.0 Å². The summed E-state index contributed by atoms with van der Waals surface area (Å²) in [5.74, 6) is 0.403. The summed E-state index contributed by atoms with van der Waals surface area (Å²) >= 11 is 1.36. The fourth-order valence-corrected chi connectivity index (χ4v) is 3.46. The number of carbonyl (C=O) groups is 1. The van der Waals surface area contributed by atoms with Gasteiger partial charge in [-0.05, 0) is 31.0 Å². The molecule has 112 valence electrons. The summed E-state index contributed by atoms with van der Waals surface area (Å²) in [6.45, 7) is 4.14. The first-order valence-electron chi connectivity index (χ1n) is 6.85. The van der Waals surface area contributed by atoms with Crippen molar-refractivity contribution in [3.05, 3.63) is 34.7 Å². The lowest BCUT2D eigenvalue weighted by Gasteiger charge is -2.08. The predicted molar refractivity (Wildman–Crippen MR) is 86.1 cm³/mol. The Hall–Kier alpha value is -2.01. The van der Waals surface area contributed by atoms with Gasteiger partial charge >= 0.3 is 5.97 Å². The van der Waals surface area contributed by atoms with Crippen LogP contribution in [-0.2, 0) is 11.2 Å². The number of nitrogens with two attached hydrogens (primary N) is 1. The number of para-hydroxylation sites is 1. The van der Waals surface area contributed by atoms with Crippen LogP contribution in [0.15, 0.2) is 24.3 Å². The highest BCUT2D eigenvalue weighted by molar-refractivity contribution is 7.18. The lowest BCUT2D eigenvalue weighted by atomic mass is 10.1. The van der Waals surface area contributed by atoms with Crippen LogP contribution in [0.1, 0.15) is 29.1 Å². The molecule has 2 rings (SSSR count). The SMILES string of the molecule is CCOC(=O)c1sc(-c2ccccc2OC)c(CC)c1N. The minimum absolute atomic E-state index is 0.335. The Kier molecular flexibility index (Phi) is 4.85. The number of hydrogen-bond acceptors (Lipinski definition) is 5. The molecule has 0 unspecified atom stereocenters. The minimum atomic E-state index is -0.365. The molecule has 0 saturated carbocycles. The largest absolute Gasteiger partial charge is 0.496 e. The van der Waals surface area contributed by atoms with Crippen LogP contribution in [0, 0.1) is 0 Å². The Balaban J connectivity index is 2.58. The molecule has 1 heterocycles. The van der Waals surface area contributed by atoms with Gasteiger partial charge < -0.3 is 15.2 Å². The highest BCUT2D eigenvalue weighted by atomic mass is 32.1. The van der Waals surface area contributed by atoms with E-state index < -0.39 is 0 Å². The normalized spacial score (nSPS) is 10.4. The summed E-state index contributed by atoms with van der Waals surface area (Å²) in [5.41, 5.74) is 8.57. The van der Waals surface area contributed by atoms with Gasteiger partial charge in [0.15, 0.2) is 0 Å². The maximum Gasteiger partial charge on any atom is 0.350 e. The van der Waals surface area contributed by atoms with Crippen molar-refractivity contribution in [3.8, 4) is 16.2 Å². The maximum absolute atomic E-state index is 12.0. The molecule has 21 heavy (non-hydrogen) atoms. The summed E-state index contributed by atoms with van der Waals surface area (Å²) in [4.78, 5) is 13.4. The summed E-state index contributed by atoms with van der Waals surface area (Å²) in [5, 5.41) is 0. The molecule has 0 aliphatic carbocycles. The topological polar surface area (TPSA) is 61.5 Å². The zero-order valence-corrected chi connectivity index (χ0v) is 13.3. The summed E-state index contributed by atoms with van der Waals surface area (Å²) in [6.07, 6.45) is 0.745. The lowest BCUT2D eigenvalue weighted by Crippen LogP contribution is -2.05. The van der Waals surface area contributed by atoms with E-state index >= 15 is 0 Å². The molecule has 0 bridgehead atoms. The van der Waals surface area contributed by atoms with Gasteiger partial charge in [0.2, 0.25) is 0 Å². The van der Waals surface area contributed by atoms with Crippen molar-refractivity contribution in [2.75, 3.05) is 19.5 Å². The number of thiophene rings is 1. The Morgan fingerprint density at radius 1 is 1.29 bits per heavy atom. The molecular weight excluding hydrogens is 286 g/mol. The second-order valence-corrected chi connectivity index (χ2v) is 5.45. The average Bonchev–Trinajstić information content (AvgIpc) is 2.84. The van der Waals surface area contributed by atoms with Gasteiger partial charge in [0.05, 0.1) is 19.4 Å². The zero-order valence-electron chi connectivity index (χ0n) is 12.4. The number of rotatable bonds is 5. The van der Waals surface area contributed by atoms with E-state index in [1.54, 1.807) is 14.0 Å². The Morgan fingerprint density at radius 2 is 2.00 bits per heavy atom. The summed E-state index contributed by atoms with van der Waals surface area (Å²) in [6, 6.07) is 7.72. The van der Waals surface area contributed by atoms with Crippen molar-refractivity contribution in [2.24, 2.45) is 0 Å². The number of hydrogen-bond donors (Lipinski definition) is 1. The molecule has 0 aliphatic rings. The van der Waals surface area contributed by atoms with Gasteiger partial charge in [-0.2, -0.15) is 0 Å². The first kappa shape index (κ1) is 15.4. The molecule has 0 aliphatic heterocycles. The Labute approximate surface area is 128 Å².